The molecule has 0 heterocycles. The number of nitroso groups, excluding NO2 is 1. The van der Waals surface area contributed by atoms with Crippen LogP contribution < -0.4 is 4.90 Å². The van der Waals surface area contributed by atoms with Gasteiger partial charge < -0.3 is 4.90 Å². The highest BCUT2D eigenvalue weighted by atomic mass is 16.3. The molecular formula is C13H20N2O. The van der Waals surface area contributed by atoms with E-state index in [4.69, 9.17) is 0 Å². The van der Waals surface area contributed by atoms with Gasteiger partial charge in [0.15, 0.2) is 0 Å². The molecule has 1 rings (SSSR count). The van der Waals surface area contributed by atoms with Gasteiger partial charge in [0.1, 0.15) is 5.69 Å². The first kappa shape index (κ1) is 12.7. The van der Waals surface area contributed by atoms with E-state index in [2.05, 4.69) is 30.8 Å². The fourth-order valence-corrected chi connectivity index (χ4v) is 1.89. The number of hydrogen-bond donors (Lipinski definition) is 0. The van der Waals surface area contributed by atoms with Crippen LogP contribution >= 0.6 is 0 Å². The predicted octanol–water partition coefficient (Wildman–Crippen LogP) is 4.02. The van der Waals surface area contributed by atoms with Crippen LogP contribution in [-0.4, -0.2) is 12.6 Å². The Kier molecular flexibility index (Phi) is 4.47. The second kappa shape index (κ2) is 5.64. The van der Waals surface area contributed by atoms with Crippen LogP contribution in [0.4, 0.5) is 11.4 Å². The quantitative estimate of drug-likeness (QED) is 0.702. The van der Waals surface area contributed by atoms with E-state index in [1.807, 2.05) is 19.1 Å². The van der Waals surface area contributed by atoms with Gasteiger partial charge in [0.2, 0.25) is 0 Å². The lowest BCUT2D eigenvalue weighted by Crippen LogP contribution is -2.32. The zero-order valence-corrected chi connectivity index (χ0v) is 10.5. The number of benzene rings is 1. The highest BCUT2D eigenvalue weighted by molar-refractivity contribution is 5.57. The summed E-state index contributed by atoms with van der Waals surface area (Å²) in [5.41, 5.74) is 2.64. The molecule has 1 aromatic rings. The van der Waals surface area contributed by atoms with Gasteiger partial charge >= 0.3 is 0 Å². The van der Waals surface area contributed by atoms with Crippen LogP contribution in [0.1, 0.15) is 32.8 Å². The Morgan fingerprint density at radius 1 is 1.38 bits per heavy atom. The molecule has 0 aromatic heterocycles. The van der Waals surface area contributed by atoms with Crippen molar-refractivity contribution in [2.24, 2.45) is 5.18 Å². The zero-order chi connectivity index (χ0) is 12.1. The smallest absolute Gasteiger partial charge is 0.111 e. The molecule has 0 amide bonds. The molecule has 0 aliphatic carbocycles. The third-order valence-electron chi connectivity index (χ3n) is 3.07. The molecule has 0 bridgehead atoms. The van der Waals surface area contributed by atoms with E-state index in [0.717, 1.165) is 18.5 Å². The van der Waals surface area contributed by atoms with E-state index in [-0.39, 0.29) is 0 Å². The zero-order valence-electron chi connectivity index (χ0n) is 10.5. The Bertz CT molecular complexity index is 363. The monoisotopic (exact) mass is 220 g/mol. The maximum Gasteiger partial charge on any atom is 0.111 e. The first-order valence-electron chi connectivity index (χ1n) is 5.84. The van der Waals surface area contributed by atoms with Crippen LogP contribution in [0.5, 0.6) is 0 Å². The van der Waals surface area contributed by atoms with Crippen molar-refractivity contribution in [2.45, 2.75) is 40.2 Å². The first-order chi connectivity index (χ1) is 7.63. The summed E-state index contributed by atoms with van der Waals surface area (Å²) in [6.45, 7) is 9.44. The lowest BCUT2D eigenvalue weighted by atomic mass is 10.1. The average Bonchev–Trinajstić information content (AvgIpc) is 2.30. The van der Waals surface area contributed by atoms with Crippen LogP contribution in [0.15, 0.2) is 23.4 Å². The normalized spacial score (nSPS) is 12.2. The molecule has 1 atom stereocenters. The summed E-state index contributed by atoms with van der Waals surface area (Å²) in [6, 6.07) is 6.31. The number of aryl methyl sites for hydroxylation is 1. The van der Waals surface area contributed by atoms with E-state index in [0.29, 0.717) is 11.7 Å². The average molecular weight is 220 g/mol. The molecule has 0 saturated carbocycles. The number of hydrogen-bond acceptors (Lipinski definition) is 3. The van der Waals surface area contributed by atoms with Gasteiger partial charge in [-0.15, -0.1) is 4.91 Å². The van der Waals surface area contributed by atoms with Crippen molar-refractivity contribution < 1.29 is 0 Å². The molecule has 0 radical (unpaired) electrons. The molecule has 0 saturated heterocycles. The van der Waals surface area contributed by atoms with Gasteiger partial charge in [0.05, 0.1) is 0 Å². The summed E-state index contributed by atoms with van der Waals surface area (Å²) >= 11 is 0. The minimum Gasteiger partial charge on any atom is -0.369 e. The van der Waals surface area contributed by atoms with Crippen molar-refractivity contribution in [1.29, 1.82) is 0 Å². The fourth-order valence-electron chi connectivity index (χ4n) is 1.89. The van der Waals surface area contributed by atoms with Gasteiger partial charge in [-0.2, -0.15) is 0 Å². The third-order valence-corrected chi connectivity index (χ3v) is 3.07. The Balaban J connectivity index is 3.02. The molecule has 0 spiro atoms. The van der Waals surface area contributed by atoms with Crippen LogP contribution in [0, 0.1) is 11.8 Å². The number of rotatable bonds is 5. The van der Waals surface area contributed by atoms with Gasteiger partial charge in [-0.05, 0) is 56.1 Å². The molecular weight excluding hydrogens is 200 g/mol. The summed E-state index contributed by atoms with van der Waals surface area (Å²) < 4.78 is 0. The van der Waals surface area contributed by atoms with Crippen molar-refractivity contribution in [3.63, 3.8) is 0 Å². The maximum atomic E-state index is 10.5. The number of nitrogens with zero attached hydrogens (tertiary/aromatic N) is 2. The van der Waals surface area contributed by atoms with Gasteiger partial charge in [0.25, 0.3) is 0 Å². The lowest BCUT2D eigenvalue weighted by Gasteiger charge is -2.29. The molecule has 0 aliphatic heterocycles. The van der Waals surface area contributed by atoms with Crippen LogP contribution in [-0.2, 0) is 0 Å². The van der Waals surface area contributed by atoms with E-state index < -0.39 is 0 Å². The topological polar surface area (TPSA) is 32.7 Å². The summed E-state index contributed by atoms with van der Waals surface area (Å²) in [4.78, 5) is 12.8. The minimum absolute atomic E-state index is 0.513. The molecule has 1 aromatic carbocycles. The van der Waals surface area contributed by atoms with E-state index >= 15 is 0 Å². The van der Waals surface area contributed by atoms with Crippen LogP contribution in [0.3, 0.4) is 0 Å². The molecule has 88 valence electrons. The first-order valence-corrected chi connectivity index (χ1v) is 5.84. The lowest BCUT2D eigenvalue weighted by molar-refractivity contribution is 0.630. The number of anilines is 1. The third kappa shape index (κ3) is 2.60. The van der Waals surface area contributed by atoms with E-state index in [1.54, 1.807) is 6.07 Å². The molecule has 0 aliphatic rings. The maximum absolute atomic E-state index is 10.5. The van der Waals surface area contributed by atoms with Crippen molar-refractivity contribution >= 4 is 11.4 Å². The predicted molar refractivity (Wildman–Crippen MR) is 69.4 cm³/mol. The molecule has 1 unspecified atom stereocenters. The largest absolute Gasteiger partial charge is 0.369 e. The second-order valence-corrected chi connectivity index (χ2v) is 4.11. The summed E-state index contributed by atoms with van der Waals surface area (Å²) in [7, 11) is 0. The van der Waals surface area contributed by atoms with Crippen molar-refractivity contribution in [3.05, 3.63) is 28.7 Å². The summed E-state index contributed by atoms with van der Waals surface area (Å²) in [6.07, 6.45) is 1.11. The minimum atomic E-state index is 0.513. The molecule has 16 heavy (non-hydrogen) atoms. The van der Waals surface area contributed by atoms with Gasteiger partial charge in [-0.25, -0.2) is 0 Å². The van der Waals surface area contributed by atoms with E-state index in [1.165, 1.54) is 5.69 Å². The summed E-state index contributed by atoms with van der Waals surface area (Å²) in [5, 5.41) is 2.99. The summed E-state index contributed by atoms with van der Waals surface area (Å²) in [5.74, 6) is 0. The fraction of sp³-hybridized carbons (Fsp3) is 0.538. The Morgan fingerprint density at radius 2 is 2.06 bits per heavy atom. The van der Waals surface area contributed by atoms with Crippen LogP contribution in [0.25, 0.3) is 0 Å². The highest BCUT2D eigenvalue weighted by Crippen LogP contribution is 2.26. The Hall–Kier alpha value is -1.38. The molecule has 0 N–H and O–H groups in total. The standard InChI is InChI=1S/C13H20N2O/c1-5-11(4)15(6-2)12-7-8-13(14-16)10(3)9-12/h7-9,11H,5-6H2,1-4H3. The molecule has 3 nitrogen and oxygen atoms in total. The second-order valence-electron chi connectivity index (χ2n) is 4.11. The highest BCUT2D eigenvalue weighted by Gasteiger charge is 2.11. The molecule has 0 fully saturated rings. The van der Waals surface area contributed by atoms with Crippen molar-refractivity contribution in [1.82, 2.24) is 0 Å². The Morgan fingerprint density at radius 3 is 2.50 bits per heavy atom. The van der Waals surface area contributed by atoms with E-state index in [9.17, 15) is 4.91 Å². The molecule has 3 heteroatoms. The van der Waals surface area contributed by atoms with Gasteiger partial charge in [-0.3, -0.25) is 0 Å². The SMILES string of the molecule is CCC(C)N(CC)c1ccc(N=O)c(C)c1. The van der Waals surface area contributed by atoms with Gasteiger partial charge in [-0.1, -0.05) is 6.92 Å². The Labute approximate surface area is 97.4 Å². The van der Waals surface area contributed by atoms with Crippen molar-refractivity contribution in [3.8, 4) is 0 Å². The van der Waals surface area contributed by atoms with Crippen LogP contribution in [0.2, 0.25) is 0 Å². The van der Waals surface area contributed by atoms with Crippen molar-refractivity contribution in [2.75, 3.05) is 11.4 Å². The van der Waals surface area contributed by atoms with Gasteiger partial charge in [0, 0.05) is 18.3 Å².